The summed E-state index contributed by atoms with van der Waals surface area (Å²) < 4.78 is 0. The van der Waals surface area contributed by atoms with E-state index in [0.717, 1.165) is 5.49 Å². The summed E-state index contributed by atoms with van der Waals surface area (Å²) in [5, 5.41) is 0. The molecular formula is C8H17PS. The third kappa shape index (κ3) is 2.52. The van der Waals surface area contributed by atoms with Gasteiger partial charge in [0.25, 0.3) is 0 Å². The Hall–Kier alpha value is 0.340. The minimum atomic E-state index is -1.65. The number of hydrogen-bond donors (Lipinski definition) is 1. The normalized spacial score (nSPS) is 14.7. The van der Waals surface area contributed by atoms with Gasteiger partial charge in [-0.25, -0.2) is 0 Å². The van der Waals surface area contributed by atoms with Crippen LogP contribution >= 0.6 is 19.2 Å². The summed E-state index contributed by atoms with van der Waals surface area (Å²) in [6.07, 6.45) is 1.18. The van der Waals surface area contributed by atoms with Gasteiger partial charge in [-0.1, -0.05) is 0 Å². The van der Waals surface area contributed by atoms with Gasteiger partial charge in [-0.05, 0) is 0 Å². The van der Waals surface area contributed by atoms with Crippen LogP contribution in [0.1, 0.15) is 13.8 Å². The van der Waals surface area contributed by atoms with Gasteiger partial charge in [0.05, 0.1) is 0 Å². The molecule has 0 amide bonds. The Kier molecular flexibility index (Phi) is 3.27. The van der Waals surface area contributed by atoms with Gasteiger partial charge >= 0.3 is 69.6 Å². The van der Waals surface area contributed by atoms with Crippen molar-refractivity contribution in [1.29, 1.82) is 0 Å². The summed E-state index contributed by atoms with van der Waals surface area (Å²) in [5.41, 5.74) is 4.29. The van der Waals surface area contributed by atoms with Crippen LogP contribution < -0.4 is 0 Å². The zero-order valence-electron chi connectivity index (χ0n) is 7.31. The third-order valence-electron chi connectivity index (χ3n) is 1.96. The number of hydrogen-bond acceptors (Lipinski definition) is 1. The van der Waals surface area contributed by atoms with E-state index >= 15 is 0 Å². The van der Waals surface area contributed by atoms with Gasteiger partial charge in [-0.3, -0.25) is 0 Å². The molecule has 0 heterocycles. The van der Waals surface area contributed by atoms with E-state index in [1.165, 1.54) is 6.16 Å². The van der Waals surface area contributed by atoms with E-state index in [0.29, 0.717) is 0 Å². The monoisotopic (exact) mass is 176 g/mol. The summed E-state index contributed by atoms with van der Waals surface area (Å²) in [6.45, 7) is 7.04. The average molecular weight is 176 g/mol. The van der Waals surface area contributed by atoms with Crippen LogP contribution in [0, 0.1) is 11.6 Å². The van der Waals surface area contributed by atoms with Gasteiger partial charge in [-0.15, -0.1) is 0 Å². The molecule has 0 aliphatic carbocycles. The second-order valence-corrected chi connectivity index (χ2v) is 10.9. The van der Waals surface area contributed by atoms with Gasteiger partial charge in [0.1, 0.15) is 0 Å². The Morgan fingerprint density at radius 1 is 1.40 bits per heavy atom. The zero-order valence-corrected chi connectivity index (χ0v) is 9.10. The molecule has 0 nitrogen and oxygen atoms in total. The first-order valence-corrected chi connectivity index (χ1v) is 7.66. The van der Waals surface area contributed by atoms with Crippen LogP contribution in [0.15, 0.2) is 0 Å². The van der Waals surface area contributed by atoms with Crippen LogP contribution in [0.2, 0.25) is 0 Å². The van der Waals surface area contributed by atoms with Crippen molar-refractivity contribution in [3.63, 3.8) is 0 Å². The van der Waals surface area contributed by atoms with Crippen molar-refractivity contribution in [2.75, 3.05) is 25.0 Å². The van der Waals surface area contributed by atoms with Crippen LogP contribution in [0.4, 0.5) is 0 Å². The van der Waals surface area contributed by atoms with E-state index < -0.39 is 6.60 Å². The first-order chi connectivity index (χ1) is 4.46. The van der Waals surface area contributed by atoms with Crippen molar-refractivity contribution in [2.24, 2.45) is 0 Å². The Labute approximate surface area is 70.1 Å². The molecule has 0 spiro atoms. The summed E-state index contributed by atoms with van der Waals surface area (Å²) in [7, 11) is 0. The van der Waals surface area contributed by atoms with Crippen LogP contribution in [-0.2, 0) is 0 Å². The molecule has 0 unspecified atom stereocenters. The predicted molar refractivity (Wildman–Crippen MR) is 56.6 cm³/mol. The van der Waals surface area contributed by atoms with Gasteiger partial charge < -0.3 is 0 Å². The molecule has 0 fully saturated rings. The molecule has 0 bridgehead atoms. The quantitative estimate of drug-likeness (QED) is 0.373. The molecule has 0 radical (unpaired) electrons. The Morgan fingerprint density at radius 3 is 2.00 bits per heavy atom. The molecule has 0 saturated heterocycles. The molecule has 60 valence electrons. The molecule has 10 heavy (non-hydrogen) atoms. The Balaban J connectivity index is 4.62. The SMILES string of the molecule is CC#CP(C)(C)(CC)CS. The van der Waals surface area contributed by atoms with Crippen molar-refractivity contribution < 1.29 is 0 Å². The topological polar surface area (TPSA) is 0 Å². The van der Waals surface area contributed by atoms with Crippen molar-refractivity contribution in [1.82, 2.24) is 0 Å². The summed E-state index contributed by atoms with van der Waals surface area (Å²) >= 11 is 4.36. The van der Waals surface area contributed by atoms with Crippen molar-refractivity contribution in [3.05, 3.63) is 0 Å². The van der Waals surface area contributed by atoms with Crippen molar-refractivity contribution in [3.8, 4) is 11.6 Å². The molecule has 0 atom stereocenters. The fourth-order valence-corrected chi connectivity index (χ4v) is 2.60. The molecule has 0 saturated carbocycles. The van der Waals surface area contributed by atoms with Crippen molar-refractivity contribution in [2.45, 2.75) is 13.8 Å². The maximum atomic E-state index is 4.36. The minimum absolute atomic E-state index is 0.947. The fourth-order valence-electron chi connectivity index (χ4n) is 0.596. The Bertz CT molecular complexity index is 165. The van der Waals surface area contributed by atoms with E-state index in [1.54, 1.807) is 0 Å². The average Bonchev–Trinajstić information content (AvgIpc) is 1.90. The Morgan fingerprint density at radius 2 is 1.90 bits per heavy atom. The van der Waals surface area contributed by atoms with Gasteiger partial charge in [-0.2, -0.15) is 0 Å². The standard InChI is InChI=1S/C8H17PS/c1-5-7-9(3,4,6-2)8-10/h10H,6,8H2,1-4H3. The molecule has 0 aromatic heterocycles. The van der Waals surface area contributed by atoms with Gasteiger partial charge in [0.15, 0.2) is 0 Å². The molecule has 0 aliphatic rings. The first kappa shape index (κ1) is 10.3. The van der Waals surface area contributed by atoms with Gasteiger partial charge in [0, 0.05) is 0 Å². The second kappa shape index (κ2) is 3.16. The van der Waals surface area contributed by atoms with Crippen LogP contribution in [0.25, 0.3) is 0 Å². The predicted octanol–water partition coefficient (Wildman–Crippen LogP) is 2.69. The van der Waals surface area contributed by atoms with Crippen LogP contribution in [0.5, 0.6) is 0 Å². The molecule has 0 aliphatic heterocycles. The van der Waals surface area contributed by atoms with Crippen LogP contribution in [0.3, 0.4) is 0 Å². The van der Waals surface area contributed by atoms with E-state index in [2.05, 4.69) is 44.5 Å². The van der Waals surface area contributed by atoms with E-state index in [4.69, 9.17) is 0 Å². The van der Waals surface area contributed by atoms with E-state index in [9.17, 15) is 0 Å². The maximum absolute atomic E-state index is 4.36. The zero-order chi connectivity index (χ0) is 8.28. The number of thiol groups is 1. The molecule has 0 rings (SSSR count). The second-order valence-electron chi connectivity index (χ2n) is 3.52. The summed E-state index contributed by atoms with van der Waals surface area (Å²) in [5.74, 6) is 3.01. The molecule has 2 heteroatoms. The van der Waals surface area contributed by atoms with E-state index in [-0.39, 0.29) is 0 Å². The van der Waals surface area contributed by atoms with Gasteiger partial charge in [0.2, 0.25) is 0 Å². The fraction of sp³-hybridized carbons (Fsp3) is 0.750. The summed E-state index contributed by atoms with van der Waals surface area (Å²) in [6, 6.07) is 0. The third-order valence-corrected chi connectivity index (χ3v) is 8.61. The molecule has 0 N–H and O–H groups in total. The van der Waals surface area contributed by atoms with Crippen LogP contribution in [-0.4, -0.2) is 25.0 Å². The van der Waals surface area contributed by atoms with Crippen molar-refractivity contribution >= 4 is 19.2 Å². The first-order valence-electron chi connectivity index (χ1n) is 3.52. The molecule has 0 aromatic carbocycles. The van der Waals surface area contributed by atoms with E-state index in [1.807, 2.05) is 6.92 Å². The summed E-state index contributed by atoms with van der Waals surface area (Å²) in [4.78, 5) is 0. The molecule has 0 aromatic rings. The molecular weight excluding hydrogens is 159 g/mol. The number of rotatable bonds is 2.